The molecule has 1 heterocycles. The second kappa shape index (κ2) is 8.32. The summed E-state index contributed by atoms with van der Waals surface area (Å²) in [5.74, 6) is 0.773. The molecule has 1 aliphatic heterocycles. The number of rotatable bonds is 7. The van der Waals surface area contributed by atoms with E-state index in [1.54, 1.807) is 30.1 Å². The van der Waals surface area contributed by atoms with Crippen LogP contribution in [0.4, 0.5) is 5.69 Å². The fraction of sp³-hybridized carbons (Fsp3) is 0.381. The lowest BCUT2D eigenvalue weighted by atomic mass is 10.2. The molecule has 0 radical (unpaired) electrons. The van der Waals surface area contributed by atoms with Gasteiger partial charge in [0.15, 0.2) is 0 Å². The van der Waals surface area contributed by atoms with Crippen molar-refractivity contribution in [2.45, 2.75) is 38.1 Å². The lowest BCUT2D eigenvalue weighted by Gasteiger charge is -2.22. The van der Waals surface area contributed by atoms with E-state index in [1.807, 2.05) is 38.1 Å². The van der Waals surface area contributed by atoms with Crippen LogP contribution >= 0.6 is 0 Å². The summed E-state index contributed by atoms with van der Waals surface area (Å²) in [6.45, 7) is 5.14. The van der Waals surface area contributed by atoms with E-state index in [0.717, 1.165) is 23.2 Å². The second-order valence-corrected chi connectivity index (χ2v) is 8.94. The molecule has 0 aliphatic carbocycles. The van der Waals surface area contributed by atoms with Crippen LogP contribution in [0.15, 0.2) is 47.4 Å². The molecule has 0 saturated carbocycles. The summed E-state index contributed by atoms with van der Waals surface area (Å²) in [5.41, 5.74) is 2.37. The summed E-state index contributed by atoms with van der Waals surface area (Å²) in [6.07, 6.45) is 1.38. The van der Waals surface area contributed by atoms with Gasteiger partial charge >= 0.3 is 0 Å². The van der Waals surface area contributed by atoms with Gasteiger partial charge in [-0.05, 0) is 50.1 Å². The molecule has 1 fully saturated rings. The van der Waals surface area contributed by atoms with Gasteiger partial charge in [0.1, 0.15) is 5.75 Å². The Morgan fingerprint density at radius 2 is 1.93 bits per heavy atom. The van der Waals surface area contributed by atoms with Gasteiger partial charge in [0.25, 0.3) is 0 Å². The quantitative estimate of drug-likeness (QED) is 0.712. The number of ether oxygens (including phenoxy) is 1. The molecule has 0 bridgehead atoms. The monoisotopic (exact) mass is 402 g/mol. The number of carbonyl (C=O) groups excluding carboxylic acids is 1. The van der Waals surface area contributed by atoms with E-state index in [1.165, 1.54) is 4.31 Å². The molecule has 0 atom stereocenters. The Balaban J connectivity index is 1.84. The number of aryl methyl sites for hydroxylation is 1. The smallest absolute Gasteiger partial charge is 0.243 e. The number of anilines is 1. The largest absolute Gasteiger partial charge is 0.494 e. The van der Waals surface area contributed by atoms with Crippen molar-refractivity contribution in [3.63, 3.8) is 0 Å². The third-order valence-electron chi connectivity index (χ3n) is 4.91. The van der Waals surface area contributed by atoms with Gasteiger partial charge < -0.3 is 9.64 Å². The van der Waals surface area contributed by atoms with Crippen LogP contribution in [0, 0.1) is 6.92 Å². The van der Waals surface area contributed by atoms with E-state index in [-0.39, 0.29) is 17.3 Å². The van der Waals surface area contributed by atoms with Crippen LogP contribution in [-0.4, -0.2) is 38.8 Å². The van der Waals surface area contributed by atoms with Crippen LogP contribution in [-0.2, 0) is 21.4 Å². The number of hydrogen-bond donors (Lipinski definition) is 0. The number of benzene rings is 2. The highest BCUT2D eigenvalue weighted by molar-refractivity contribution is 7.89. The SMILES string of the molecule is CCOc1ccccc1CN(C)S(=O)(=O)c1ccc(N2CCCC2=O)c(C)c1. The normalized spacial score (nSPS) is 14.7. The van der Waals surface area contributed by atoms with E-state index >= 15 is 0 Å². The summed E-state index contributed by atoms with van der Waals surface area (Å²) in [5, 5.41) is 0. The maximum absolute atomic E-state index is 13.1. The van der Waals surface area contributed by atoms with Crippen LogP contribution in [0.2, 0.25) is 0 Å². The Morgan fingerprint density at radius 1 is 1.18 bits per heavy atom. The van der Waals surface area contributed by atoms with E-state index < -0.39 is 10.0 Å². The molecule has 0 spiro atoms. The van der Waals surface area contributed by atoms with Crippen molar-refractivity contribution < 1.29 is 17.9 Å². The Kier molecular flexibility index (Phi) is 6.05. The van der Waals surface area contributed by atoms with E-state index in [9.17, 15) is 13.2 Å². The zero-order valence-electron chi connectivity index (χ0n) is 16.5. The van der Waals surface area contributed by atoms with Gasteiger partial charge in [0.2, 0.25) is 15.9 Å². The zero-order chi connectivity index (χ0) is 20.3. The van der Waals surface area contributed by atoms with E-state index in [0.29, 0.717) is 25.3 Å². The molecular formula is C21H26N2O4S. The number of amides is 1. The first-order valence-corrected chi connectivity index (χ1v) is 10.9. The molecular weight excluding hydrogens is 376 g/mol. The average molecular weight is 403 g/mol. The van der Waals surface area contributed by atoms with E-state index in [2.05, 4.69) is 0 Å². The van der Waals surface area contributed by atoms with Gasteiger partial charge in [-0.15, -0.1) is 0 Å². The number of para-hydroxylation sites is 1. The Morgan fingerprint density at radius 3 is 2.57 bits per heavy atom. The molecule has 0 unspecified atom stereocenters. The fourth-order valence-electron chi connectivity index (χ4n) is 3.43. The molecule has 1 aliphatic rings. The molecule has 1 saturated heterocycles. The van der Waals surface area contributed by atoms with E-state index in [4.69, 9.17) is 4.74 Å². The van der Waals surface area contributed by atoms with Gasteiger partial charge in [-0.25, -0.2) is 8.42 Å². The predicted molar refractivity (Wildman–Crippen MR) is 109 cm³/mol. The predicted octanol–water partition coefficient (Wildman–Crippen LogP) is 3.34. The van der Waals surface area contributed by atoms with Gasteiger partial charge in [-0.3, -0.25) is 4.79 Å². The first-order valence-electron chi connectivity index (χ1n) is 9.42. The molecule has 150 valence electrons. The number of carbonyl (C=O) groups is 1. The van der Waals surface area contributed by atoms with Crippen molar-refractivity contribution in [1.82, 2.24) is 4.31 Å². The first-order chi connectivity index (χ1) is 13.3. The lowest BCUT2D eigenvalue weighted by Crippen LogP contribution is -2.27. The minimum absolute atomic E-state index is 0.0864. The summed E-state index contributed by atoms with van der Waals surface area (Å²) < 4.78 is 33.0. The zero-order valence-corrected chi connectivity index (χ0v) is 17.3. The highest BCUT2D eigenvalue weighted by atomic mass is 32.2. The summed E-state index contributed by atoms with van der Waals surface area (Å²) in [6, 6.07) is 12.4. The first kappa shape index (κ1) is 20.4. The molecule has 0 N–H and O–H groups in total. The van der Waals surface area contributed by atoms with Crippen molar-refractivity contribution in [3.05, 3.63) is 53.6 Å². The van der Waals surface area contributed by atoms with Gasteiger partial charge in [0.05, 0.1) is 11.5 Å². The van der Waals surface area contributed by atoms with Crippen molar-refractivity contribution in [2.24, 2.45) is 0 Å². The molecule has 6 nitrogen and oxygen atoms in total. The summed E-state index contributed by atoms with van der Waals surface area (Å²) >= 11 is 0. The third kappa shape index (κ3) is 4.05. The molecule has 2 aromatic rings. The van der Waals surface area contributed by atoms with Crippen LogP contribution in [0.1, 0.15) is 30.9 Å². The van der Waals surface area contributed by atoms with Gasteiger partial charge in [-0.1, -0.05) is 18.2 Å². The maximum atomic E-state index is 13.1. The standard InChI is InChI=1S/C21H26N2O4S/c1-4-27-20-9-6-5-8-17(20)15-22(3)28(25,26)18-11-12-19(16(2)14-18)23-13-7-10-21(23)24/h5-6,8-9,11-12,14H,4,7,10,13,15H2,1-3H3. The Labute approximate surface area is 166 Å². The minimum atomic E-state index is -3.67. The molecule has 3 rings (SSSR count). The summed E-state index contributed by atoms with van der Waals surface area (Å²) in [7, 11) is -2.11. The number of nitrogens with zero attached hydrogens (tertiary/aromatic N) is 2. The molecule has 7 heteroatoms. The van der Waals surface area contributed by atoms with Crippen LogP contribution in [0.25, 0.3) is 0 Å². The van der Waals surface area contributed by atoms with Crippen LogP contribution in [0.3, 0.4) is 0 Å². The topological polar surface area (TPSA) is 66.9 Å². The highest BCUT2D eigenvalue weighted by Gasteiger charge is 2.26. The van der Waals surface area contributed by atoms with Crippen molar-refractivity contribution in [1.29, 1.82) is 0 Å². The van der Waals surface area contributed by atoms with Crippen molar-refractivity contribution in [3.8, 4) is 5.75 Å². The summed E-state index contributed by atoms with van der Waals surface area (Å²) in [4.78, 5) is 13.9. The molecule has 1 amide bonds. The van der Waals surface area contributed by atoms with Gasteiger partial charge in [0, 0.05) is 37.8 Å². The molecule has 2 aromatic carbocycles. The third-order valence-corrected chi connectivity index (χ3v) is 6.71. The van der Waals surface area contributed by atoms with Crippen LogP contribution < -0.4 is 9.64 Å². The average Bonchev–Trinajstić information content (AvgIpc) is 3.09. The highest BCUT2D eigenvalue weighted by Crippen LogP contribution is 2.29. The molecule has 0 aromatic heterocycles. The van der Waals surface area contributed by atoms with Crippen molar-refractivity contribution >= 4 is 21.6 Å². The Hall–Kier alpha value is -2.38. The molecule has 28 heavy (non-hydrogen) atoms. The van der Waals surface area contributed by atoms with Crippen molar-refractivity contribution in [2.75, 3.05) is 25.1 Å². The number of hydrogen-bond acceptors (Lipinski definition) is 4. The fourth-order valence-corrected chi connectivity index (χ4v) is 4.66. The van der Waals surface area contributed by atoms with Gasteiger partial charge in [-0.2, -0.15) is 4.31 Å². The lowest BCUT2D eigenvalue weighted by molar-refractivity contribution is -0.117. The Bertz CT molecular complexity index is 972. The second-order valence-electron chi connectivity index (χ2n) is 6.90. The minimum Gasteiger partial charge on any atom is -0.494 e. The number of sulfonamides is 1. The van der Waals surface area contributed by atoms with Crippen LogP contribution in [0.5, 0.6) is 5.75 Å². The maximum Gasteiger partial charge on any atom is 0.243 e.